The van der Waals surface area contributed by atoms with Crippen molar-refractivity contribution in [3.8, 4) is 0 Å². The summed E-state index contributed by atoms with van der Waals surface area (Å²) in [5, 5.41) is 0. The summed E-state index contributed by atoms with van der Waals surface area (Å²) >= 11 is 0. The van der Waals surface area contributed by atoms with Gasteiger partial charge in [0.2, 0.25) is 0 Å². The molecule has 2 aliphatic heterocycles. The fourth-order valence-electron chi connectivity index (χ4n) is 6.72. The third-order valence-electron chi connectivity index (χ3n) is 7.82. The molecule has 0 bridgehead atoms. The average molecular weight is 314 g/mol. The van der Waals surface area contributed by atoms with Crippen LogP contribution >= 0.6 is 0 Å². The molecular formula is C20H26O3. The predicted octanol–water partition coefficient (Wildman–Crippen LogP) is 4.14. The van der Waals surface area contributed by atoms with E-state index in [2.05, 4.69) is 26.8 Å². The van der Waals surface area contributed by atoms with Crippen LogP contribution in [0.3, 0.4) is 0 Å². The Morgan fingerprint density at radius 2 is 1.96 bits per heavy atom. The van der Waals surface area contributed by atoms with Gasteiger partial charge in [0.25, 0.3) is 0 Å². The smallest absolute Gasteiger partial charge is 0.339 e. The first-order valence-electron chi connectivity index (χ1n) is 9.13. The van der Waals surface area contributed by atoms with Gasteiger partial charge in [0, 0.05) is 17.1 Å². The van der Waals surface area contributed by atoms with Crippen molar-refractivity contribution in [2.75, 3.05) is 0 Å². The van der Waals surface area contributed by atoms with Crippen molar-refractivity contribution in [2.45, 2.75) is 71.5 Å². The topological polar surface area (TPSA) is 38.8 Å². The number of carbonyl (C=O) groups excluding carboxylic acids is 1. The highest BCUT2D eigenvalue weighted by Gasteiger charge is 2.73. The number of fused-ring (bicyclic) bond motifs is 4. The quantitative estimate of drug-likeness (QED) is 0.498. The van der Waals surface area contributed by atoms with E-state index in [1.54, 1.807) is 0 Å². The Kier molecular flexibility index (Phi) is 2.44. The number of epoxide rings is 1. The van der Waals surface area contributed by atoms with Crippen LogP contribution in [0, 0.1) is 22.7 Å². The van der Waals surface area contributed by atoms with E-state index in [0.717, 1.165) is 29.2 Å². The molecule has 0 amide bonds. The third-order valence-corrected chi connectivity index (χ3v) is 7.82. The van der Waals surface area contributed by atoms with E-state index in [4.69, 9.17) is 9.47 Å². The molecule has 0 unspecified atom stereocenters. The minimum Gasteiger partial charge on any atom is -0.423 e. The van der Waals surface area contributed by atoms with E-state index in [1.807, 2.05) is 6.92 Å². The summed E-state index contributed by atoms with van der Waals surface area (Å²) in [7, 11) is 0. The Labute approximate surface area is 138 Å². The van der Waals surface area contributed by atoms with Gasteiger partial charge in [0.1, 0.15) is 17.5 Å². The maximum absolute atomic E-state index is 12.0. The number of hydrogen-bond donors (Lipinski definition) is 0. The summed E-state index contributed by atoms with van der Waals surface area (Å²) in [5.41, 5.74) is 2.41. The van der Waals surface area contributed by atoms with Crippen LogP contribution in [-0.4, -0.2) is 17.7 Å². The first-order valence-corrected chi connectivity index (χ1v) is 9.13. The Bertz CT molecular complexity index is 685. The molecule has 3 fully saturated rings. The molecule has 5 atom stereocenters. The minimum absolute atomic E-state index is 0.0489. The highest BCUT2D eigenvalue weighted by Crippen LogP contribution is 2.71. The van der Waals surface area contributed by atoms with Crippen LogP contribution in [0.15, 0.2) is 23.0 Å². The maximum Gasteiger partial charge on any atom is 0.339 e. The van der Waals surface area contributed by atoms with Crippen molar-refractivity contribution in [3.63, 3.8) is 0 Å². The summed E-state index contributed by atoms with van der Waals surface area (Å²) in [6.07, 6.45) is 8.62. The molecule has 1 saturated heterocycles. The summed E-state index contributed by atoms with van der Waals surface area (Å²) in [4.78, 5) is 12.0. The minimum atomic E-state index is -0.179. The number of rotatable bonds is 0. The summed E-state index contributed by atoms with van der Waals surface area (Å²) in [6, 6.07) is 0. The molecule has 0 radical (unpaired) electrons. The van der Waals surface area contributed by atoms with Gasteiger partial charge < -0.3 is 9.47 Å². The summed E-state index contributed by atoms with van der Waals surface area (Å²) in [5.74, 6) is 1.74. The second kappa shape index (κ2) is 3.93. The Balaban J connectivity index is 1.64. The molecule has 2 saturated carbocycles. The standard InChI is InChI=1S/C20H26O3/c1-11-15-12(22-17(11)21)10-14-19(4)8-5-7-18(2,3)13(19)6-9-20(14)16(15)23-20/h10,13-14,16H,5-9H2,1-4H3/t13-,14+,16-,19-,20+/m1/s1. The van der Waals surface area contributed by atoms with Gasteiger partial charge in [-0.1, -0.05) is 27.2 Å². The van der Waals surface area contributed by atoms with Crippen molar-refractivity contribution >= 4 is 5.97 Å². The van der Waals surface area contributed by atoms with Crippen LogP contribution in [0.4, 0.5) is 0 Å². The molecule has 3 aliphatic carbocycles. The summed E-state index contributed by atoms with van der Waals surface area (Å²) in [6.45, 7) is 9.24. The van der Waals surface area contributed by atoms with E-state index in [-0.39, 0.29) is 23.1 Å². The highest BCUT2D eigenvalue weighted by atomic mass is 16.6. The molecular weight excluding hydrogens is 288 g/mol. The van der Waals surface area contributed by atoms with Crippen LogP contribution in [0.2, 0.25) is 0 Å². The van der Waals surface area contributed by atoms with E-state index in [9.17, 15) is 4.79 Å². The highest BCUT2D eigenvalue weighted by molar-refractivity contribution is 5.94. The fourth-order valence-corrected chi connectivity index (χ4v) is 6.72. The molecule has 0 aromatic carbocycles. The molecule has 5 rings (SSSR count). The van der Waals surface area contributed by atoms with Gasteiger partial charge in [0.15, 0.2) is 0 Å². The number of esters is 1. The second-order valence-electron chi connectivity index (χ2n) is 9.33. The maximum atomic E-state index is 12.0. The van der Waals surface area contributed by atoms with Crippen molar-refractivity contribution in [3.05, 3.63) is 23.0 Å². The first kappa shape index (κ1) is 14.3. The fraction of sp³-hybridized carbons (Fsp3) is 0.750. The van der Waals surface area contributed by atoms with Gasteiger partial charge in [-0.15, -0.1) is 0 Å². The monoisotopic (exact) mass is 314 g/mol. The van der Waals surface area contributed by atoms with E-state index in [0.29, 0.717) is 11.3 Å². The number of ether oxygens (including phenoxy) is 2. The average Bonchev–Trinajstić information content (AvgIpc) is 3.11. The van der Waals surface area contributed by atoms with Gasteiger partial charge in [0.05, 0.1) is 0 Å². The van der Waals surface area contributed by atoms with Crippen molar-refractivity contribution in [1.29, 1.82) is 0 Å². The van der Waals surface area contributed by atoms with Crippen LogP contribution in [0.5, 0.6) is 0 Å². The Hall–Kier alpha value is -1.09. The van der Waals surface area contributed by atoms with E-state index >= 15 is 0 Å². The molecule has 0 N–H and O–H groups in total. The van der Waals surface area contributed by atoms with E-state index in [1.165, 1.54) is 25.7 Å². The van der Waals surface area contributed by atoms with Crippen molar-refractivity contribution in [1.82, 2.24) is 0 Å². The molecule has 5 aliphatic rings. The predicted molar refractivity (Wildman–Crippen MR) is 86.4 cm³/mol. The van der Waals surface area contributed by atoms with Gasteiger partial charge >= 0.3 is 5.97 Å². The summed E-state index contributed by atoms with van der Waals surface area (Å²) < 4.78 is 11.9. The Morgan fingerprint density at radius 3 is 2.74 bits per heavy atom. The zero-order chi connectivity index (χ0) is 16.2. The molecule has 124 valence electrons. The molecule has 0 aromatic heterocycles. The van der Waals surface area contributed by atoms with Crippen LogP contribution in [-0.2, 0) is 14.3 Å². The number of hydrogen-bond acceptors (Lipinski definition) is 3. The Morgan fingerprint density at radius 1 is 1.17 bits per heavy atom. The van der Waals surface area contributed by atoms with Crippen LogP contribution in [0.25, 0.3) is 0 Å². The van der Waals surface area contributed by atoms with E-state index < -0.39 is 0 Å². The molecule has 3 nitrogen and oxygen atoms in total. The van der Waals surface area contributed by atoms with Crippen molar-refractivity contribution < 1.29 is 14.3 Å². The van der Waals surface area contributed by atoms with Gasteiger partial charge in [-0.05, 0) is 55.4 Å². The normalized spacial score (nSPS) is 49.5. The largest absolute Gasteiger partial charge is 0.423 e. The first-order chi connectivity index (χ1) is 10.8. The zero-order valence-electron chi connectivity index (χ0n) is 14.6. The lowest BCUT2D eigenvalue weighted by Crippen LogP contribution is -2.55. The number of carbonyl (C=O) groups is 1. The van der Waals surface area contributed by atoms with Crippen LogP contribution < -0.4 is 0 Å². The molecule has 0 aromatic rings. The molecule has 23 heavy (non-hydrogen) atoms. The lowest BCUT2D eigenvalue weighted by atomic mass is 9.45. The molecule has 3 heteroatoms. The van der Waals surface area contributed by atoms with Gasteiger partial charge in [-0.2, -0.15) is 0 Å². The molecule has 1 spiro atoms. The van der Waals surface area contributed by atoms with Crippen LogP contribution in [0.1, 0.15) is 59.8 Å². The second-order valence-corrected chi connectivity index (χ2v) is 9.33. The third kappa shape index (κ3) is 1.53. The van der Waals surface area contributed by atoms with Gasteiger partial charge in [-0.25, -0.2) is 4.79 Å². The lowest BCUT2D eigenvalue weighted by Gasteiger charge is -2.59. The zero-order valence-corrected chi connectivity index (χ0v) is 14.6. The van der Waals surface area contributed by atoms with Crippen molar-refractivity contribution in [2.24, 2.45) is 22.7 Å². The SMILES string of the molecule is CC1=C2C(=C[C@H]3[C@]4(C)CCCC(C)(C)[C@H]4CC[C@]34O[C@H]24)OC1=O. The molecule has 2 heterocycles. The lowest BCUT2D eigenvalue weighted by molar-refractivity contribution is -0.133. The van der Waals surface area contributed by atoms with Gasteiger partial charge in [-0.3, -0.25) is 0 Å².